The van der Waals surface area contributed by atoms with Crippen LogP contribution in [0.15, 0.2) is 6.07 Å². The average molecular weight is 228 g/mol. The van der Waals surface area contributed by atoms with Crippen molar-refractivity contribution < 1.29 is 5.11 Å². The van der Waals surface area contributed by atoms with E-state index in [0.29, 0.717) is 5.02 Å². The van der Waals surface area contributed by atoms with Crippen molar-refractivity contribution in [2.45, 2.75) is 33.1 Å². The summed E-state index contributed by atoms with van der Waals surface area (Å²) in [6.45, 7) is 4.68. The molecule has 0 fully saturated rings. The zero-order valence-electron chi connectivity index (χ0n) is 9.31. The Morgan fingerprint density at radius 2 is 2.00 bits per heavy atom. The highest BCUT2D eigenvalue weighted by Gasteiger charge is 2.10. The molecule has 15 heavy (non-hydrogen) atoms. The lowest BCUT2D eigenvalue weighted by Crippen LogP contribution is -2.01. The number of phenols is 1. The molecule has 1 aromatic rings. The zero-order chi connectivity index (χ0) is 11.4. The molecule has 0 spiro atoms. The van der Waals surface area contributed by atoms with Gasteiger partial charge in [0.2, 0.25) is 0 Å². The van der Waals surface area contributed by atoms with Gasteiger partial charge in [0.25, 0.3) is 0 Å². The van der Waals surface area contributed by atoms with E-state index >= 15 is 0 Å². The monoisotopic (exact) mass is 227 g/mol. The average Bonchev–Trinajstić information content (AvgIpc) is 2.20. The first-order chi connectivity index (χ1) is 7.07. The molecule has 0 aliphatic rings. The summed E-state index contributed by atoms with van der Waals surface area (Å²) in [5.41, 5.74) is 8.79. The maximum atomic E-state index is 9.53. The van der Waals surface area contributed by atoms with Gasteiger partial charge in [0.1, 0.15) is 5.75 Å². The maximum Gasteiger partial charge on any atom is 0.134 e. The summed E-state index contributed by atoms with van der Waals surface area (Å²) in [5, 5.41) is 10.0. The Balaban J connectivity index is 2.92. The van der Waals surface area contributed by atoms with E-state index in [1.807, 2.05) is 13.8 Å². The first-order valence-electron chi connectivity index (χ1n) is 5.25. The molecule has 1 aromatic carbocycles. The van der Waals surface area contributed by atoms with Gasteiger partial charge in [0.05, 0.1) is 5.02 Å². The number of hydrogen-bond donors (Lipinski definition) is 2. The minimum Gasteiger partial charge on any atom is -0.506 e. The fourth-order valence-corrected chi connectivity index (χ4v) is 1.98. The van der Waals surface area contributed by atoms with Gasteiger partial charge in [-0.15, -0.1) is 0 Å². The number of rotatable bonds is 4. The first-order valence-corrected chi connectivity index (χ1v) is 5.63. The predicted octanol–water partition coefficient (Wildman–Crippen LogP) is 2.94. The van der Waals surface area contributed by atoms with Gasteiger partial charge in [0.15, 0.2) is 0 Å². The fourth-order valence-electron chi connectivity index (χ4n) is 1.81. The molecule has 0 radical (unpaired) electrons. The minimum atomic E-state index is 0.175. The summed E-state index contributed by atoms with van der Waals surface area (Å²) in [4.78, 5) is 0. The van der Waals surface area contributed by atoms with Crippen molar-refractivity contribution in [2.75, 3.05) is 6.54 Å². The quantitative estimate of drug-likeness (QED) is 0.777. The molecule has 0 bridgehead atoms. The molecule has 0 saturated heterocycles. The lowest BCUT2D eigenvalue weighted by atomic mass is 9.97. The Kier molecular flexibility index (Phi) is 4.43. The van der Waals surface area contributed by atoms with Crippen LogP contribution in [0.2, 0.25) is 5.02 Å². The van der Waals surface area contributed by atoms with Crippen molar-refractivity contribution >= 4 is 11.6 Å². The van der Waals surface area contributed by atoms with Crippen LogP contribution in [0.1, 0.15) is 29.5 Å². The molecular formula is C12H18ClNO. The van der Waals surface area contributed by atoms with E-state index in [9.17, 15) is 5.11 Å². The summed E-state index contributed by atoms with van der Waals surface area (Å²) in [6, 6.07) is 1.73. The SMILES string of the molecule is Cc1cc(O)c(Cl)c(C)c1CCCCN. The third kappa shape index (κ3) is 2.86. The van der Waals surface area contributed by atoms with Gasteiger partial charge in [-0.1, -0.05) is 11.6 Å². The van der Waals surface area contributed by atoms with Crippen LogP contribution in [0.5, 0.6) is 5.75 Å². The molecule has 84 valence electrons. The predicted molar refractivity (Wildman–Crippen MR) is 64.6 cm³/mol. The van der Waals surface area contributed by atoms with Gasteiger partial charge in [-0.3, -0.25) is 0 Å². The highest BCUT2D eigenvalue weighted by molar-refractivity contribution is 6.32. The Labute approximate surface area is 96.1 Å². The maximum absolute atomic E-state index is 9.53. The minimum absolute atomic E-state index is 0.175. The molecule has 0 aliphatic heterocycles. The van der Waals surface area contributed by atoms with E-state index in [-0.39, 0.29) is 5.75 Å². The van der Waals surface area contributed by atoms with Crippen LogP contribution in [0.3, 0.4) is 0 Å². The Morgan fingerprint density at radius 3 is 2.60 bits per heavy atom. The second kappa shape index (κ2) is 5.38. The largest absolute Gasteiger partial charge is 0.506 e. The Morgan fingerprint density at radius 1 is 1.33 bits per heavy atom. The number of hydrogen-bond acceptors (Lipinski definition) is 2. The third-order valence-corrected chi connectivity index (χ3v) is 3.19. The molecule has 3 N–H and O–H groups in total. The molecule has 1 rings (SSSR count). The van der Waals surface area contributed by atoms with E-state index in [1.54, 1.807) is 6.07 Å². The molecule has 0 saturated carbocycles. The van der Waals surface area contributed by atoms with E-state index in [2.05, 4.69) is 0 Å². The van der Waals surface area contributed by atoms with Crippen LogP contribution in [0.4, 0.5) is 0 Å². The Hall–Kier alpha value is -0.730. The van der Waals surface area contributed by atoms with Crippen LogP contribution in [-0.2, 0) is 6.42 Å². The number of phenolic OH excluding ortho intramolecular Hbond substituents is 1. The van der Waals surface area contributed by atoms with Gasteiger partial charge >= 0.3 is 0 Å². The van der Waals surface area contributed by atoms with E-state index in [4.69, 9.17) is 17.3 Å². The molecule has 0 unspecified atom stereocenters. The van der Waals surface area contributed by atoms with Crippen LogP contribution < -0.4 is 5.73 Å². The smallest absolute Gasteiger partial charge is 0.134 e. The molecule has 3 heteroatoms. The van der Waals surface area contributed by atoms with Gasteiger partial charge in [0, 0.05) is 0 Å². The normalized spacial score (nSPS) is 10.7. The van der Waals surface area contributed by atoms with Crippen molar-refractivity contribution in [3.05, 3.63) is 27.8 Å². The Bertz CT molecular complexity index is 350. The summed E-state index contributed by atoms with van der Waals surface area (Å²) >= 11 is 5.99. The fraction of sp³-hybridized carbons (Fsp3) is 0.500. The van der Waals surface area contributed by atoms with E-state index in [1.165, 1.54) is 5.56 Å². The van der Waals surface area contributed by atoms with E-state index in [0.717, 1.165) is 36.9 Å². The lowest BCUT2D eigenvalue weighted by Gasteiger charge is -2.12. The topological polar surface area (TPSA) is 46.2 Å². The number of benzene rings is 1. The second-order valence-electron chi connectivity index (χ2n) is 3.88. The second-order valence-corrected chi connectivity index (χ2v) is 4.25. The van der Waals surface area contributed by atoms with Crippen LogP contribution in [0, 0.1) is 13.8 Å². The number of aromatic hydroxyl groups is 1. The first kappa shape index (κ1) is 12.3. The molecule has 0 heterocycles. The summed E-state index contributed by atoms with van der Waals surface area (Å²) in [7, 11) is 0. The highest BCUT2D eigenvalue weighted by Crippen LogP contribution is 2.32. The molecule has 0 atom stereocenters. The van der Waals surface area contributed by atoms with Crippen LogP contribution >= 0.6 is 11.6 Å². The lowest BCUT2D eigenvalue weighted by molar-refractivity contribution is 0.474. The standard InChI is InChI=1S/C12H18ClNO/c1-8-7-11(15)12(13)9(2)10(8)5-3-4-6-14/h7,15H,3-6,14H2,1-2H3. The molecule has 0 aliphatic carbocycles. The van der Waals surface area contributed by atoms with Crippen molar-refractivity contribution in [3.8, 4) is 5.75 Å². The van der Waals surface area contributed by atoms with E-state index < -0.39 is 0 Å². The summed E-state index contributed by atoms with van der Waals surface area (Å²) in [6.07, 6.45) is 3.07. The number of unbranched alkanes of at least 4 members (excludes halogenated alkanes) is 1. The van der Waals surface area contributed by atoms with Crippen LogP contribution in [-0.4, -0.2) is 11.7 Å². The van der Waals surface area contributed by atoms with Crippen LogP contribution in [0.25, 0.3) is 0 Å². The van der Waals surface area contributed by atoms with Crippen molar-refractivity contribution in [2.24, 2.45) is 5.73 Å². The summed E-state index contributed by atoms with van der Waals surface area (Å²) < 4.78 is 0. The number of aryl methyl sites for hydroxylation is 1. The van der Waals surface area contributed by atoms with Crippen molar-refractivity contribution in [3.63, 3.8) is 0 Å². The van der Waals surface area contributed by atoms with Crippen molar-refractivity contribution in [1.82, 2.24) is 0 Å². The van der Waals surface area contributed by atoms with Gasteiger partial charge in [-0.25, -0.2) is 0 Å². The molecular weight excluding hydrogens is 210 g/mol. The zero-order valence-corrected chi connectivity index (χ0v) is 10.1. The van der Waals surface area contributed by atoms with Crippen molar-refractivity contribution in [1.29, 1.82) is 0 Å². The van der Waals surface area contributed by atoms with Gasteiger partial charge < -0.3 is 10.8 Å². The molecule has 0 aromatic heterocycles. The molecule has 2 nitrogen and oxygen atoms in total. The number of halogens is 1. The van der Waals surface area contributed by atoms with Gasteiger partial charge in [-0.05, 0) is 62.4 Å². The molecule has 0 amide bonds. The third-order valence-electron chi connectivity index (χ3n) is 2.72. The number of nitrogens with two attached hydrogens (primary N) is 1. The van der Waals surface area contributed by atoms with Gasteiger partial charge in [-0.2, -0.15) is 0 Å². The highest BCUT2D eigenvalue weighted by atomic mass is 35.5. The summed E-state index contributed by atoms with van der Waals surface area (Å²) in [5.74, 6) is 0.175.